The first-order valence-corrected chi connectivity index (χ1v) is 5.85. The van der Waals surface area contributed by atoms with Crippen molar-refractivity contribution < 1.29 is 13.9 Å². The van der Waals surface area contributed by atoms with E-state index < -0.39 is 0 Å². The number of nitrogens with zero attached hydrogens (tertiary/aromatic N) is 1. The molecular weight excluding hydrogens is 247 g/mol. The summed E-state index contributed by atoms with van der Waals surface area (Å²) in [7, 11) is 0. The second-order valence-electron chi connectivity index (χ2n) is 4.31. The highest BCUT2D eigenvalue weighted by Gasteiger charge is 2.15. The van der Waals surface area contributed by atoms with Gasteiger partial charge in [-0.05, 0) is 36.4 Å². The Kier molecular flexibility index (Phi) is 2.03. The highest BCUT2D eigenvalue weighted by atomic mass is 19.1. The fourth-order valence-corrected chi connectivity index (χ4v) is 2.16. The number of hydrogen-bond donors (Lipinski definition) is 1. The molecule has 0 spiro atoms. The van der Waals surface area contributed by atoms with Crippen LogP contribution in [0.4, 0.5) is 4.39 Å². The number of imidazole rings is 1. The third kappa shape index (κ3) is 1.62. The Labute approximate surface area is 107 Å². The summed E-state index contributed by atoms with van der Waals surface area (Å²) in [6.07, 6.45) is 0. The Hall–Kier alpha value is -2.56. The molecular formula is C14H9FN2O2. The second kappa shape index (κ2) is 3.71. The molecule has 94 valence electrons. The van der Waals surface area contributed by atoms with Gasteiger partial charge in [-0.2, -0.15) is 0 Å². The lowest BCUT2D eigenvalue weighted by Gasteiger charge is -1.99. The SMILES string of the molecule is Fc1ccc2nc(-c3ccc4c(c3)OCO4)[nH]c2c1. The van der Waals surface area contributed by atoms with Gasteiger partial charge in [0.2, 0.25) is 6.79 Å². The molecule has 0 fully saturated rings. The Bertz CT molecular complexity index is 782. The number of nitrogens with one attached hydrogen (secondary N) is 1. The van der Waals surface area contributed by atoms with Crippen molar-refractivity contribution in [2.24, 2.45) is 0 Å². The van der Waals surface area contributed by atoms with E-state index >= 15 is 0 Å². The first kappa shape index (κ1) is 10.4. The van der Waals surface area contributed by atoms with Gasteiger partial charge in [0.05, 0.1) is 11.0 Å². The van der Waals surface area contributed by atoms with Crippen molar-refractivity contribution in [1.82, 2.24) is 9.97 Å². The fraction of sp³-hybridized carbons (Fsp3) is 0.0714. The van der Waals surface area contributed by atoms with Crippen LogP contribution in [-0.4, -0.2) is 16.8 Å². The lowest BCUT2D eigenvalue weighted by molar-refractivity contribution is 0.174. The zero-order chi connectivity index (χ0) is 12.8. The number of ether oxygens (including phenoxy) is 2. The molecule has 4 nitrogen and oxygen atoms in total. The number of hydrogen-bond acceptors (Lipinski definition) is 3. The van der Waals surface area contributed by atoms with Gasteiger partial charge in [-0.3, -0.25) is 0 Å². The first-order valence-electron chi connectivity index (χ1n) is 5.85. The summed E-state index contributed by atoms with van der Waals surface area (Å²) in [6, 6.07) is 10.1. The normalized spacial score (nSPS) is 13.1. The van der Waals surface area contributed by atoms with E-state index in [1.807, 2.05) is 18.2 Å². The summed E-state index contributed by atoms with van der Waals surface area (Å²) < 4.78 is 23.7. The summed E-state index contributed by atoms with van der Waals surface area (Å²) in [5.41, 5.74) is 2.28. The Balaban J connectivity index is 1.85. The zero-order valence-electron chi connectivity index (χ0n) is 9.81. The van der Waals surface area contributed by atoms with E-state index in [-0.39, 0.29) is 12.6 Å². The molecule has 0 saturated heterocycles. The maximum absolute atomic E-state index is 13.1. The second-order valence-corrected chi connectivity index (χ2v) is 4.31. The molecule has 1 N–H and O–H groups in total. The van der Waals surface area contributed by atoms with Gasteiger partial charge in [-0.15, -0.1) is 0 Å². The molecule has 0 unspecified atom stereocenters. The number of fused-ring (bicyclic) bond motifs is 2. The zero-order valence-corrected chi connectivity index (χ0v) is 9.81. The maximum Gasteiger partial charge on any atom is 0.231 e. The van der Waals surface area contributed by atoms with Crippen LogP contribution in [0.15, 0.2) is 36.4 Å². The van der Waals surface area contributed by atoms with E-state index in [1.165, 1.54) is 12.1 Å². The van der Waals surface area contributed by atoms with Crippen molar-refractivity contribution >= 4 is 11.0 Å². The Morgan fingerprint density at radius 2 is 1.95 bits per heavy atom. The van der Waals surface area contributed by atoms with Crippen molar-refractivity contribution in [2.75, 3.05) is 6.79 Å². The molecule has 0 aliphatic carbocycles. The molecule has 1 aromatic heterocycles. The first-order chi connectivity index (χ1) is 9.29. The maximum atomic E-state index is 13.1. The molecule has 4 rings (SSSR count). The molecule has 0 bridgehead atoms. The van der Waals surface area contributed by atoms with Crippen LogP contribution in [-0.2, 0) is 0 Å². The van der Waals surface area contributed by atoms with Crippen LogP contribution in [0.5, 0.6) is 11.5 Å². The quantitative estimate of drug-likeness (QED) is 0.727. The molecule has 0 amide bonds. The minimum absolute atomic E-state index is 0.240. The van der Waals surface area contributed by atoms with Gasteiger partial charge in [-0.1, -0.05) is 0 Å². The third-order valence-corrected chi connectivity index (χ3v) is 3.09. The van der Waals surface area contributed by atoms with E-state index in [2.05, 4.69) is 9.97 Å². The molecule has 2 aromatic carbocycles. The molecule has 19 heavy (non-hydrogen) atoms. The van der Waals surface area contributed by atoms with Crippen molar-refractivity contribution in [3.8, 4) is 22.9 Å². The molecule has 3 aromatic rings. The Morgan fingerprint density at radius 3 is 2.89 bits per heavy atom. The largest absolute Gasteiger partial charge is 0.454 e. The number of halogens is 1. The number of aromatic nitrogens is 2. The van der Waals surface area contributed by atoms with Gasteiger partial charge in [0.25, 0.3) is 0 Å². The van der Waals surface area contributed by atoms with Gasteiger partial charge < -0.3 is 14.5 Å². The average molecular weight is 256 g/mol. The van der Waals surface area contributed by atoms with E-state index in [9.17, 15) is 4.39 Å². The van der Waals surface area contributed by atoms with Crippen LogP contribution in [0.2, 0.25) is 0 Å². The van der Waals surface area contributed by atoms with Crippen LogP contribution in [0.25, 0.3) is 22.4 Å². The predicted molar refractivity (Wildman–Crippen MR) is 67.6 cm³/mol. The molecule has 0 radical (unpaired) electrons. The van der Waals surface area contributed by atoms with Crippen LogP contribution < -0.4 is 9.47 Å². The summed E-state index contributed by atoms with van der Waals surface area (Å²) in [5.74, 6) is 1.82. The summed E-state index contributed by atoms with van der Waals surface area (Å²) in [5, 5.41) is 0. The van der Waals surface area contributed by atoms with E-state index in [4.69, 9.17) is 9.47 Å². The molecule has 0 atom stereocenters. The average Bonchev–Trinajstić information content (AvgIpc) is 3.02. The van der Waals surface area contributed by atoms with Gasteiger partial charge in [0.15, 0.2) is 11.5 Å². The number of H-pyrrole nitrogens is 1. The van der Waals surface area contributed by atoms with E-state index in [0.717, 1.165) is 16.8 Å². The van der Waals surface area contributed by atoms with Crippen molar-refractivity contribution in [3.05, 3.63) is 42.2 Å². The third-order valence-electron chi connectivity index (χ3n) is 3.09. The number of aromatic amines is 1. The van der Waals surface area contributed by atoms with Gasteiger partial charge >= 0.3 is 0 Å². The summed E-state index contributed by atoms with van der Waals surface area (Å²) in [4.78, 5) is 7.53. The van der Waals surface area contributed by atoms with Gasteiger partial charge in [0, 0.05) is 5.56 Å². The summed E-state index contributed by atoms with van der Waals surface area (Å²) >= 11 is 0. The van der Waals surface area contributed by atoms with Gasteiger partial charge in [0.1, 0.15) is 11.6 Å². The van der Waals surface area contributed by atoms with Crippen LogP contribution in [0.1, 0.15) is 0 Å². The predicted octanol–water partition coefficient (Wildman–Crippen LogP) is 3.10. The molecule has 1 aliphatic heterocycles. The van der Waals surface area contributed by atoms with Crippen LogP contribution >= 0.6 is 0 Å². The van der Waals surface area contributed by atoms with E-state index in [1.54, 1.807) is 6.07 Å². The highest BCUT2D eigenvalue weighted by molar-refractivity contribution is 5.79. The molecule has 0 saturated carbocycles. The van der Waals surface area contributed by atoms with Crippen molar-refractivity contribution in [1.29, 1.82) is 0 Å². The smallest absolute Gasteiger partial charge is 0.231 e. The standard InChI is InChI=1S/C14H9FN2O2/c15-9-2-3-10-11(6-9)17-14(16-10)8-1-4-12-13(5-8)19-7-18-12/h1-6H,7H2,(H,16,17). The summed E-state index contributed by atoms with van der Waals surface area (Å²) in [6.45, 7) is 0.240. The topological polar surface area (TPSA) is 47.1 Å². The minimum Gasteiger partial charge on any atom is -0.454 e. The molecule has 1 aliphatic rings. The fourth-order valence-electron chi connectivity index (χ4n) is 2.16. The van der Waals surface area contributed by atoms with Crippen molar-refractivity contribution in [3.63, 3.8) is 0 Å². The monoisotopic (exact) mass is 256 g/mol. The van der Waals surface area contributed by atoms with Crippen LogP contribution in [0, 0.1) is 5.82 Å². The van der Waals surface area contributed by atoms with Crippen LogP contribution in [0.3, 0.4) is 0 Å². The number of benzene rings is 2. The molecule has 2 heterocycles. The molecule has 5 heteroatoms. The lowest BCUT2D eigenvalue weighted by Crippen LogP contribution is -1.92. The van der Waals surface area contributed by atoms with Crippen molar-refractivity contribution in [2.45, 2.75) is 0 Å². The van der Waals surface area contributed by atoms with E-state index in [0.29, 0.717) is 17.1 Å². The highest BCUT2D eigenvalue weighted by Crippen LogP contribution is 2.35. The minimum atomic E-state index is -0.284. The number of rotatable bonds is 1. The lowest BCUT2D eigenvalue weighted by atomic mass is 10.2. The van der Waals surface area contributed by atoms with Gasteiger partial charge in [-0.25, -0.2) is 9.37 Å². The Morgan fingerprint density at radius 1 is 1.05 bits per heavy atom.